The van der Waals surface area contributed by atoms with Crippen LogP contribution in [0.1, 0.15) is 15.9 Å². The molecule has 0 bridgehead atoms. The van der Waals surface area contributed by atoms with Gasteiger partial charge in [-0.05, 0) is 42.8 Å². The SMILES string of the molecule is Cc1ccc2nc(Sc3ccc(N)c(C(=O)O)c3)[nH]c2c1. The van der Waals surface area contributed by atoms with Crippen molar-refractivity contribution in [2.45, 2.75) is 17.0 Å². The van der Waals surface area contributed by atoms with E-state index >= 15 is 0 Å². The molecule has 0 aliphatic rings. The minimum absolute atomic E-state index is 0.104. The Morgan fingerprint density at radius 2 is 2.10 bits per heavy atom. The standard InChI is InChI=1S/C15H13N3O2S/c1-8-2-5-12-13(6-8)18-15(17-12)21-9-3-4-11(16)10(7-9)14(19)20/h2-7H,16H2,1H3,(H,17,18)(H,19,20). The maximum Gasteiger partial charge on any atom is 0.337 e. The molecule has 1 aromatic heterocycles. The highest BCUT2D eigenvalue weighted by molar-refractivity contribution is 7.99. The number of aromatic carboxylic acids is 1. The normalized spacial score (nSPS) is 10.9. The van der Waals surface area contributed by atoms with Crippen LogP contribution < -0.4 is 5.73 Å². The summed E-state index contributed by atoms with van der Waals surface area (Å²) in [5, 5.41) is 9.81. The molecule has 21 heavy (non-hydrogen) atoms. The van der Waals surface area contributed by atoms with Crippen molar-refractivity contribution >= 4 is 34.5 Å². The molecule has 3 rings (SSSR count). The number of fused-ring (bicyclic) bond motifs is 1. The fourth-order valence-corrected chi connectivity index (χ4v) is 2.89. The van der Waals surface area contributed by atoms with Crippen LogP contribution in [0.15, 0.2) is 46.5 Å². The van der Waals surface area contributed by atoms with Crippen molar-refractivity contribution in [3.8, 4) is 0 Å². The summed E-state index contributed by atoms with van der Waals surface area (Å²) in [6.07, 6.45) is 0. The Labute approximate surface area is 125 Å². The first-order chi connectivity index (χ1) is 10.0. The molecule has 2 aromatic carbocycles. The Balaban J connectivity index is 1.94. The van der Waals surface area contributed by atoms with E-state index in [2.05, 4.69) is 9.97 Å². The number of rotatable bonds is 3. The third kappa shape index (κ3) is 2.71. The predicted octanol–water partition coefficient (Wildman–Crippen LogP) is 3.30. The molecule has 106 valence electrons. The second-order valence-electron chi connectivity index (χ2n) is 4.72. The Bertz CT molecular complexity index is 842. The van der Waals surface area contributed by atoms with Crippen molar-refractivity contribution in [1.82, 2.24) is 9.97 Å². The molecule has 3 aromatic rings. The van der Waals surface area contributed by atoms with Gasteiger partial charge in [0, 0.05) is 10.6 Å². The molecule has 0 aliphatic carbocycles. The molecule has 0 atom stereocenters. The highest BCUT2D eigenvalue weighted by Gasteiger charge is 2.11. The number of imidazole rings is 1. The number of nitrogens with zero attached hydrogens (tertiary/aromatic N) is 1. The molecule has 0 unspecified atom stereocenters. The van der Waals surface area contributed by atoms with Crippen molar-refractivity contribution in [3.05, 3.63) is 47.5 Å². The number of nitrogens with one attached hydrogen (secondary N) is 1. The quantitative estimate of drug-likeness (QED) is 0.645. The molecule has 6 heteroatoms. The lowest BCUT2D eigenvalue weighted by Gasteiger charge is -2.03. The molecule has 0 radical (unpaired) electrons. The fourth-order valence-electron chi connectivity index (χ4n) is 2.04. The van der Waals surface area contributed by atoms with Crippen molar-refractivity contribution < 1.29 is 9.90 Å². The van der Waals surface area contributed by atoms with E-state index in [9.17, 15) is 4.79 Å². The molecular weight excluding hydrogens is 286 g/mol. The van der Waals surface area contributed by atoms with E-state index < -0.39 is 5.97 Å². The molecule has 0 saturated carbocycles. The predicted molar refractivity (Wildman–Crippen MR) is 82.8 cm³/mol. The van der Waals surface area contributed by atoms with Crippen LogP contribution in [0.2, 0.25) is 0 Å². The highest BCUT2D eigenvalue weighted by atomic mass is 32.2. The zero-order valence-electron chi connectivity index (χ0n) is 11.3. The van der Waals surface area contributed by atoms with Crippen LogP contribution >= 0.6 is 11.8 Å². The number of carboxylic acids is 1. The summed E-state index contributed by atoms with van der Waals surface area (Å²) in [6, 6.07) is 10.9. The van der Waals surface area contributed by atoms with Crippen molar-refractivity contribution in [2.24, 2.45) is 0 Å². The first-order valence-corrected chi connectivity index (χ1v) is 7.11. The zero-order valence-corrected chi connectivity index (χ0v) is 12.1. The van der Waals surface area contributed by atoms with Gasteiger partial charge in [0.1, 0.15) is 0 Å². The Morgan fingerprint density at radius 3 is 2.86 bits per heavy atom. The third-order valence-corrected chi connectivity index (χ3v) is 3.96. The maximum absolute atomic E-state index is 11.1. The third-order valence-electron chi connectivity index (χ3n) is 3.09. The Kier molecular flexibility index (Phi) is 3.31. The largest absolute Gasteiger partial charge is 0.478 e. The second-order valence-corrected chi connectivity index (χ2v) is 5.78. The van der Waals surface area contributed by atoms with Crippen LogP contribution in [0.3, 0.4) is 0 Å². The van der Waals surface area contributed by atoms with E-state index in [-0.39, 0.29) is 11.3 Å². The second kappa shape index (κ2) is 5.14. The topological polar surface area (TPSA) is 92.0 Å². The molecule has 0 aliphatic heterocycles. The van der Waals surface area contributed by atoms with E-state index in [1.807, 2.05) is 25.1 Å². The van der Waals surface area contributed by atoms with Crippen LogP contribution in [0, 0.1) is 6.92 Å². The van der Waals surface area contributed by atoms with Gasteiger partial charge in [-0.25, -0.2) is 9.78 Å². The summed E-state index contributed by atoms with van der Waals surface area (Å²) in [5.74, 6) is -1.03. The molecule has 0 saturated heterocycles. The molecule has 1 heterocycles. The number of nitrogens with two attached hydrogens (primary N) is 1. The smallest absolute Gasteiger partial charge is 0.337 e. The summed E-state index contributed by atoms with van der Waals surface area (Å²) in [4.78, 5) is 19.6. The van der Waals surface area contributed by atoms with Gasteiger partial charge in [-0.1, -0.05) is 17.8 Å². The van der Waals surface area contributed by atoms with Crippen molar-refractivity contribution in [2.75, 3.05) is 5.73 Å². The van der Waals surface area contributed by atoms with Gasteiger partial charge in [0.15, 0.2) is 5.16 Å². The average Bonchev–Trinajstić information content (AvgIpc) is 2.82. The van der Waals surface area contributed by atoms with E-state index in [4.69, 9.17) is 10.8 Å². The summed E-state index contributed by atoms with van der Waals surface area (Å²) >= 11 is 1.37. The number of carboxylic acid groups (broad SMARTS) is 1. The number of benzene rings is 2. The number of hydrogen-bond acceptors (Lipinski definition) is 4. The molecule has 5 nitrogen and oxygen atoms in total. The molecule has 0 fully saturated rings. The number of aromatic amines is 1. The number of nitrogen functional groups attached to an aromatic ring is 1. The van der Waals surface area contributed by atoms with Gasteiger partial charge in [0.25, 0.3) is 0 Å². The first kappa shape index (κ1) is 13.5. The molecular formula is C15H13N3O2S. The van der Waals surface area contributed by atoms with E-state index in [1.165, 1.54) is 11.8 Å². The van der Waals surface area contributed by atoms with Crippen LogP contribution in [-0.4, -0.2) is 21.0 Å². The highest BCUT2D eigenvalue weighted by Crippen LogP contribution is 2.29. The lowest BCUT2D eigenvalue weighted by Crippen LogP contribution is -2.02. The minimum Gasteiger partial charge on any atom is -0.478 e. The van der Waals surface area contributed by atoms with E-state index in [0.29, 0.717) is 0 Å². The van der Waals surface area contributed by atoms with Crippen LogP contribution in [0.4, 0.5) is 5.69 Å². The lowest BCUT2D eigenvalue weighted by molar-refractivity contribution is 0.0698. The maximum atomic E-state index is 11.1. The van der Waals surface area contributed by atoms with Crippen molar-refractivity contribution in [3.63, 3.8) is 0 Å². The lowest BCUT2D eigenvalue weighted by atomic mass is 10.2. The van der Waals surface area contributed by atoms with Crippen LogP contribution in [0.5, 0.6) is 0 Å². The van der Waals surface area contributed by atoms with E-state index in [1.54, 1.807) is 18.2 Å². The fraction of sp³-hybridized carbons (Fsp3) is 0.0667. The van der Waals surface area contributed by atoms with Gasteiger partial charge >= 0.3 is 5.97 Å². The Morgan fingerprint density at radius 1 is 1.29 bits per heavy atom. The van der Waals surface area contributed by atoms with E-state index in [0.717, 1.165) is 26.6 Å². The van der Waals surface area contributed by atoms with Gasteiger partial charge in [-0.15, -0.1) is 0 Å². The van der Waals surface area contributed by atoms with Gasteiger partial charge in [-0.3, -0.25) is 0 Å². The summed E-state index contributed by atoms with van der Waals surface area (Å²) in [7, 11) is 0. The number of carbonyl (C=O) groups is 1. The first-order valence-electron chi connectivity index (χ1n) is 6.30. The summed E-state index contributed by atoms with van der Waals surface area (Å²) in [6.45, 7) is 2.02. The Hall–Kier alpha value is -2.47. The number of anilines is 1. The summed E-state index contributed by atoms with van der Waals surface area (Å²) in [5.41, 5.74) is 9.01. The number of hydrogen-bond donors (Lipinski definition) is 3. The number of aryl methyl sites for hydroxylation is 1. The molecule has 0 amide bonds. The van der Waals surface area contributed by atoms with Gasteiger partial charge in [0.2, 0.25) is 0 Å². The van der Waals surface area contributed by atoms with Gasteiger partial charge in [-0.2, -0.15) is 0 Å². The number of H-pyrrole nitrogens is 1. The van der Waals surface area contributed by atoms with Crippen molar-refractivity contribution in [1.29, 1.82) is 0 Å². The number of aromatic nitrogens is 2. The van der Waals surface area contributed by atoms with Gasteiger partial charge in [0.05, 0.1) is 16.6 Å². The molecule has 0 spiro atoms. The summed E-state index contributed by atoms with van der Waals surface area (Å²) < 4.78 is 0. The molecule has 4 N–H and O–H groups in total. The van der Waals surface area contributed by atoms with Crippen LogP contribution in [0.25, 0.3) is 11.0 Å². The average molecular weight is 299 g/mol. The van der Waals surface area contributed by atoms with Crippen LogP contribution in [-0.2, 0) is 0 Å². The minimum atomic E-state index is -1.03. The van der Waals surface area contributed by atoms with Gasteiger partial charge < -0.3 is 15.8 Å². The zero-order chi connectivity index (χ0) is 15.0. The monoisotopic (exact) mass is 299 g/mol.